The van der Waals surface area contributed by atoms with Crippen molar-refractivity contribution in [3.05, 3.63) is 83.5 Å². The van der Waals surface area contributed by atoms with Crippen molar-refractivity contribution in [2.45, 2.75) is 11.4 Å². The third-order valence-corrected chi connectivity index (χ3v) is 6.24. The van der Waals surface area contributed by atoms with Crippen LogP contribution in [-0.4, -0.2) is 46.6 Å². The molecule has 9 nitrogen and oxygen atoms in total. The smallest absolute Gasteiger partial charge is 0.328 e. The van der Waals surface area contributed by atoms with Gasteiger partial charge in [-0.05, 0) is 37.4 Å². The predicted octanol–water partition coefficient (Wildman–Crippen LogP) is 3.01. The molecule has 0 unspecified atom stereocenters. The molecule has 0 saturated heterocycles. The average molecular weight is 496 g/mol. The minimum atomic E-state index is -4.03. The number of rotatable bonds is 7. The summed E-state index contributed by atoms with van der Waals surface area (Å²) in [6.07, 6.45) is 3.82. The van der Waals surface area contributed by atoms with Crippen LogP contribution in [0.2, 0.25) is 5.15 Å². The topological polar surface area (TPSA) is 139 Å². The van der Waals surface area contributed by atoms with E-state index < -0.39 is 27.8 Å². The van der Waals surface area contributed by atoms with E-state index in [1.54, 1.807) is 19.2 Å². The van der Waals surface area contributed by atoms with Gasteiger partial charge in [0.1, 0.15) is 15.9 Å². The quantitative estimate of drug-likeness (QED) is 0.425. The molecule has 3 rings (SSSR count). The summed E-state index contributed by atoms with van der Waals surface area (Å²) in [5, 5.41) is 18.6. The third-order valence-electron chi connectivity index (χ3n) is 4.03. The maximum absolute atomic E-state index is 14.3. The number of halogens is 2. The number of nitrogens with one attached hydrogen (secondary N) is 1. The number of hydrogen-bond donors (Lipinski definition) is 3. The normalized spacial score (nSPS) is 11.1. The maximum Gasteiger partial charge on any atom is 0.328 e. The minimum Gasteiger partial charge on any atom is -0.478 e. The Kier molecular flexibility index (Phi) is 8.85. The van der Waals surface area contributed by atoms with E-state index >= 15 is 0 Å². The van der Waals surface area contributed by atoms with E-state index in [2.05, 4.69) is 10.3 Å². The first-order chi connectivity index (χ1) is 15.6. The second-order valence-electron chi connectivity index (χ2n) is 6.32. The third kappa shape index (κ3) is 6.48. The molecule has 0 aliphatic heterocycles. The largest absolute Gasteiger partial charge is 0.478 e. The summed E-state index contributed by atoms with van der Waals surface area (Å²) in [5.41, 5.74) is 0.867. The highest BCUT2D eigenvalue weighted by molar-refractivity contribution is 7.90. The number of nitrogens with zero attached hydrogens (tertiary/aromatic N) is 2. The van der Waals surface area contributed by atoms with Gasteiger partial charge in [-0.1, -0.05) is 23.7 Å². The second kappa shape index (κ2) is 11.4. The van der Waals surface area contributed by atoms with E-state index in [9.17, 15) is 22.4 Å². The Morgan fingerprint density at radius 3 is 2.30 bits per heavy atom. The number of carbonyl (C=O) groups is 2. The molecule has 0 fully saturated rings. The number of carboxylic acids is 2. The van der Waals surface area contributed by atoms with Crippen molar-refractivity contribution >= 4 is 33.6 Å². The number of pyridine rings is 1. The number of carboxylic acid groups (broad SMARTS) is 2. The van der Waals surface area contributed by atoms with Crippen molar-refractivity contribution < 1.29 is 32.6 Å². The highest BCUT2D eigenvalue weighted by Gasteiger charge is 2.27. The van der Waals surface area contributed by atoms with Crippen LogP contribution in [0.5, 0.6) is 0 Å². The lowest BCUT2D eigenvalue weighted by Gasteiger charge is -2.12. The molecule has 0 saturated carbocycles. The lowest BCUT2D eigenvalue weighted by Crippen LogP contribution is -2.15. The first-order valence-electron chi connectivity index (χ1n) is 9.18. The van der Waals surface area contributed by atoms with Gasteiger partial charge in [-0.2, -0.15) is 0 Å². The van der Waals surface area contributed by atoms with Gasteiger partial charge in [-0.3, -0.25) is 4.98 Å². The molecule has 174 valence electrons. The van der Waals surface area contributed by atoms with E-state index in [0.717, 1.165) is 3.97 Å². The zero-order valence-electron chi connectivity index (χ0n) is 17.1. The fourth-order valence-corrected chi connectivity index (χ4v) is 4.55. The Morgan fingerprint density at radius 1 is 1.15 bits per heavy atom. The van der Waals surface area contributed by atoms with Crippen LogP contribution in [-0.2, 0) is 26.2 Å². The van der Waals surface area contributed by atoms with E-state index in [1.807, 2.05) is 0 Å². The summed E-state index contributed by atoms with van der Waals surface area (Å²) in [6, 6.07) is 10.5. The standard InChI is InChI=1S/C17H15ClFN3O2S.C4H4O4/c1-20-10-12-9-16(14-6-2-3-7-15(14)19)22(17(12)18)25(23,24)13-5-4-8-21-11-13;5-3(6)1-2-4(7)8/h2-9,11,20H,10H2,1H3;1-2H,(H,5,6)(H,7,8). The molecule has 12 heteroatoms. The molecule has 33 heavy (non-hydrogen) atoms. The fourth-order valence-electron chi connectivity index (χ4n) is 2.67. The first kappa shape index (κ1) is 25.7. The molecule has 0 atom stereocenters. The molecule has 0 aliphatic rings. The van der Waals surface area contributed by atoms with Crippen molar-refractivity contribution in [1.29, 1.82) is 0 Å². The lowest BCUT2D eigenvalue weighted by molar-refractivity contribution is -0.134. The van der Waals surface area contributed by atoms with Crippen LogP contribution < -0.4 is 5.32 Å². The number of hydrogen-bond acceptors (Lipinski definition) is 6. The van der Waals surface area contributed by atoms with Crippen LogP contribution >= 0.6 is 11.6 Å². The van der Waals surface area contributed by atoms with Gasteiger partial charge in [0.15, 0.2) is 0 Å². The van der Waals surface area contributed by atoms with Crippen LogP contribution in [0.25, 0.3) is 11.3 Å². The van der Waals surface area contributed by atoms with Gasteiger partial charge in [0.2, 0.25) is 0 Å². The molecule has 0 aliphatic carbocycles. The van der Waals surface area contributed by atoms with Crippen LogP contribution in [0.3, 0.4) is 0 Å². The zero-order valence-corrected chi connectivity index (χ0v) is 18.7. The van der Waals surface area contributed by atoms with E-state index in [1.165, 1.54) is 42.7 Å². The van der Waals surface area contributed by atoms with Crippen molar-refractivity contribution in [1.82, 2.24) is 14.3 Å². The lowest BCUT2D eigenvalue weighted by atomic mass is 10.1. The SMILES string of the molecule is CNCc1cc(-c2ccccc2F)n(S(=O)(=O)c2cccnc2)c1Cl.O=C(O)C=CC(=O)O. The monoisotopic (exact) mass is 495 g/mol. The van der Waals surface area contributed by atoms with Crippen molar-refractivity contribution in [2.24, 2.45) is 0 Å². The molecule has 0 spiro atoms. The van der Waals surface area contributed by atoms with Gasteiger partial charge in [-0.15, -0.1) is 0 Å². The Balaban J connectivity index is 0.000000414. The van der Waals surface area contributed by atoms with Crippen molar-refractivity contribution in [3.63, 3.8) is 0 Å². The fraction of sp³-hybridized carbons (Fsp3) is 0.0952. The number of benzene rings is 1. The molecule has 0 amide bonds. The number of aromatic nitrogens is 2. The van der Waals surface area contributed by atoms with E-state index in [0.29, 0.717) is 24.3 Å². The molecule has 0 radical (unpaired) electrons. The average Bonchev–Trinajstić information content (AvgIpc) is 3.10. The second-order valence-corrected chi connectivity index (χ2v) is 8.47. The van der Waals surface area contributed by atoms with Crippen molar-refractivity contribution in [3.8, 4) is 11.3 Å². The summed E-state index contributed by atoms with van der Waals surface area (Å²) in [6.45, 7) is 0.343. The number of aliphatic carboxylic acids is 2. The van der Waals surface area contributed by atoms with Gasteiger partial charge in [0.25, 0.3) is 10.0 Å². The highest BCUT2D eigenvalue weighted by Crippen LogP contribution is 2.34. The predicted molar refractivity (Wildman–Crippen MR) is 119 cm³/mol. The Bertz CT molecular complexity index is 1260. The van der Waals surface area contributed by atoms with Gasteiger partial charge in [0, 0.05) is 42.2 Å². The molecule has 3 aromatic rings. The maximum atomic E-state index is 14.3. The summed E-state index contributed by atoms with van der Waals surface area (Å²) in [5.74, 6) is -3.05. The molecule has 1 aromatic carbocycles. The van der Waals surface area contributed by atoms with Crippen LogP contribution in [0.15, 0.2) is 71.9 Å². The van der Waals surface area contributed by atoms with E-state index in [4.69, 9.17) is 21.8 Å². The van der Waals surface area contributed by atoms with Gasteiger partial charge >= 0.3 is 11.9 Å². The highest BCUT2D eigenvalue weighted by atomic mass is 35.5. The first-order valence-corrected chi connectivity index (χ1v) is 11.0. The summed E-state index contributed by atoms with van der Waals surface area (Å²) < 4.78 is 41.4. The van der Waals surface area contributed by atoms with Crippen LogP contribution in [0.1, 0.15) is 5.56 Å². The molecular formula is C21H19ClFN3O6S. The molecule has 3 N–H and O–H groups in total. The molecule has 2 heterocycles. The van der Waals surface area contributed by atoms with Crippen LogP contribution in [0, 0.1) is 5.82 Å². The molecule has 2 aromatic heterocycles. The Labute approximate surface area is 193 Å². The van der Waals surface area contributed by atoms with Gasteiger partial charge in [0.05, 0.1) is 5.69 Å². The van der Waals surface area contributed by atoms with Crippen LogP contribution in [0.4, 0.5) is 4.39 Å². The van der Waals surface area contributed by atoms with Gasteiger partial charge in [-0.25, -0.2) is 26.4 Å². The summed E-state index contributed by atoms with van der Waals surface area (Å²) in [4.78, 5) is 22.9. The molecular weight excluding hydrogens is 477 g/mol. The Morgan fingerprint density at radius 2 is 1.79 bits per heavy atom. The summed E-state index contributed by atoms with van der Waals surface area (Å²) >= 11 is 6.35. The Hall–Kier alpha value is -3.54. The summed E-state index contributed by atoms with van der Waals surface area (Å²) in [7, 11) is -2.32. The van der Waals surface area contributed by atoms with E-state index in [-0.39, 0.29) is 21.3 Å². The zero-order chi connectivity index (χ0) is 24.6. The molecule has 0 bridgehead atoms. The minimum absolute atomic E-state index is 0.0106. The van der Waals surface area contributed by atoms with Gasteiger partial charge < -0.3 is 15.5 Å². The van der Waals surface area contributed by atoms with Crippen molar-refractivity contribution in [2.75, 3.05) is 7.05 Å².